The second kappa shape index (κ2) is 3.05. The summed E-state index contributed by atoms with van der Waals surface area (Å²) in [5, 5.41) is 11.6. The Morgan fingerprint density at radius 1 is 1.36 bits per heavy atom. The van der Waals surface area contributed by atoms with Crippen LogP contribution in [0.3, 0.4) is 0 Å². The van der Waals surface area contributed by atoms with Crippen LogP contribution in [0.15, 0.2) is 12.2 Å². The standard InChI is InChI=1S/C8H14NO2/c1-6(2)7(10)9(11)8(3,4)5/h1H2,2-5H3. The summed E-state index contributed by atoms with van der Waals surface area (Å²) in [4.78, 5) is 11.0. The van der Waals surface area contributed by atoms with E-state index in [4.69, 9.17) is 0 Å². The lowest BCUT2D eigenvalue weighted by molar-refractivity contribution is -0.211. The van der Waals surface area contributed by atoms with Gasteiger partial charge in [0.2, 0.25) is 0 Å². The zero-order valence-electron chi connectivity index (χ0n) is 7.47. The molecule has 0 saturated carbocycles. The van der Waals surface area contributed by atoms with Gasteiger partial charge in [0, 0.05) is 5.57 Å². The molecule has 0 aromatic rings. The molecule has 3 heteroatoms. The molecule has 0 aliphatic carbocycles. The molecule has 1 radical (unpaired) electrons. The summed E-state index contributed by atoms with van der Waals surface area (Å²) >= 11 is 0. The zero-order chi connectivity index (χ0) is 9.23. The minimum absolute atomic E-state index is 0.273. The maximum atomic E-state index is 11.1. The molecule has 0 aliphatic heterocycles. The van der Waals surface area contributed by atoms with Crippen molar-refractivity contribution < 1.29 is 10.0 Å². The predicted octanol–water partition coefficient (Wildman–Crippen LogP) is 1.54. The highest BCUT2D eigenvalue weighted by molar-refractivity contribution is 5.91. The number of hydrogen-bond acceptors (Lipinski definition) is 1. The average Bonchev–Trinajstić information content (AvgIpc) is 1.82. The van der Waals surface area contributed by atoms with Gasteiger partial charge in [0.15, 0.2) is 0 Å². The molecule has 0 rings (SSSR count). The molecular weight excluding hydrogens is 142 g/mol. The molecule has 0 bridgehead atoms. The molecule has 0 spiro atoms. The highest BCUT2D eigenvalue weighted by Gasteiger charge is 2.26. The van der Waals surface area contributed by atoms with E-state index in [2.05, 4.69) is 6.58 Å². The Balaban J connectivity index is 4.38. The molecule has 0 atom stereocenters. The van der Waals surface area contributed by atoms with Crippen LogP contribution in [0.25, 0.3) is 0 Å². The summed E-state index contributed by atoms with van der Waals surface area (Å²) in [5.41, 5.74) is -0.398. The Bertz CT molecular complexity index is 179. The number of amides is 1. The Morgan fingerprint density at radius 3 is 1.82 bits per heavy atom. The summed E-state index contributed by atoms with van der Waals surface area (Å²) in [6.45, 7) is 9.97. The van der Waals surface area contributed by atoms with Crippen molar-refractivity contribution >= 4 is 5.91 Å². The van der Waals surface area contributed by atoms with Crippen LogP contribution in [0.1, 0.15) is 27.7 Å². The van der Waals surface area contributed by atoms with E-state index in [0.29, 0.717) is 5.06 Å². The van der Waals surface area contributed by atoms with Crippen molar-refractivity contribution in [2.45, 2.75) is 33.2 Å². The van der Waals surface area contributed by atoms with Crippen LogP contribution in [0.4, 0.5) is 0 Å². The van der Waals surface area contributed by atoms with Gasteiger partial charge in [0.1, 0.15) is 0 Å². The van der Waals surface area contributed by atoms with E-state index in [1.807, 2.05) is 0 Å². The van der Waals surface area contributed by atoms with Crippen LogP contribution < -0.4 is 0 Å². The van der Waals surface area contributed by atoms with Crippen LogP contribution in [0.2, 0.25) is 0 Å². The lowest BCUT2D eigenvalue weighted by Gasteiger charge is -2.26. The number of carbonyl (C=O) groups is 1. The maximum Gasteiger partial charge on any atom is 0.275 e. The topological polar surface area (TPSA) is 40.2 Å². The van der Waals surface area contributed by atoms with E-state index in [1.54, 1.807) is 20.8 Å². The molecule has 63 valence electrons. The van der Waals surface area contributed by atoms with Crippen molar-refractivity contribution in [3.05, 3.63) is 12.2 Å². The Hall–Kier alpha value is -0.830. The summed E-state index contributed by atoms with van der Waals surface area (Å²) in [6.07, 6.45) is 0. The van der Waals surface area contributed by atoms with Gasteiger partial charge >= 0.3 is 0 Å². The van der Waals surface area contributed by atoms with Gasteiger partial charge in [-0.3, -0.25) is 4.79 Å². The molecule has 0 N–H and O–H groups in total. The first kappa shape index (κ1) is 10.2. The Morgan fingerprint density at radius 2 is 1.73 bits per heavy atom. The average molecular weight is 156 g/mol. The summed E-state index contributed by atoms with van der Waals surface area (Å²) in [7, 11) is 0. The van der Waals surface area contributed by atoms with Crippen LogP contribution >= 0.6 is 0 Å². The van der Waals surface area contributed by atoms with Crippen LogP contribution in [-0.2, 0) is 10.0 Å². The second-order valence-corrected chi connectivity index (χ2v) is 3.55. The third-order valence-electron chi connectivity index (χ3n) is 1.16. The van der Waals surface area contributed by atoms with Crippen molar-refractivity contribution in [2.24, 2.45) is 0 Å². The molecule has 0 aromatic carbocycles. The molecule has 0 saturated heterocycles. The summed E-state index contributed by atoms with van der Waals surface area (Å²) < 4.78 is 0. The number of rotatable bonds is 1. The van der Waals surface area contributed by atoms with Crippen LogP contribution in [-0.4, -0.2) is 16.5 Å². The van der Waals surface area contributed by atoms with Crippen molar-refractivity contribution in [2.75, 3.05) is 0 Å². The molecule has 11 heavy (non-hydrogen) atoms. The molecule has 0 aromatic heterocycles. The SMILES string of the molecule is C=C(C)C(=O)N([O])C(C)(C)C. The third-order valence-corrected chi connectivity index (χ3v) is 1.16. The first-order chi connectivity index (χ1) is 4.76. The van der Waals surface area contributed by atoms with E-state index in [1.165, 1.54) is 6.92 Å². The number of carbonyl (C=O) groups excluding carboxylic acids is 1. The Labute approximate surface area is 67.3 Å². The monoisotopic (exact) mass is 156 g/mol. The third kappa shape index (κ3) is 2.72. The quantitative estimate of drug-likeness (QED) is 0.419. The van der Waals surface area contributed by atoms with E-state index in [0.717, 1.165) is 0 Å². The number of hydroxylamine groups is 2. The maximum absolute atomic E-state index is 11.1. The van der Waals surface area contributed by atoms with Gasteiger partial charge in [0.05, 0.1) is 5.54 Å². The zero-order valence-corrected chi connectivity index (χ0v) is 7.47. The first-order valence-electron chi connectivity index (χ1n) is 3.44. The lowest BCUT2D eigenvalue weighted by Crippen LogP contribution is -2.42. The number of hydrogen-bond donors (Lipinski definition) is 0. The highest BCUT2D eigenvalue weighted by atomic mass is 16.5. The molecule has 1 amide bonds. The Kier molecular flexibility index (Phi) is 2.82. The molecule has 0 heterocycles. The molecule has 0 fully saturated rings. The largest absolute Gasteiger partial charge is 0.275 e. The smallest absolute Gasteiger partial charge is 0.267 e. The normalized spacial score (nSPS) is 11.0. The fourth-order valence-corrected chi connectivity index (χ4v) is 0.478. The molecule has 0 aliphatic rings. The van der Waals surface area contributed by atoms with E-state index in [9.17, 15) is 10.0 Å². The van der Waals surface area contributed by atoms with E-state index < -0.39 is 11.4 Å². The molecular formula is C8H14NO2. The van der Waals surface area contributed by atoms with Crippen molar-refractivity contribution in [3.63, 3.8) is 0 Å². The van der Waals surface area contributed by atoms with Gasteiger partial charge in [-0.25, -0.2) is 0 Å². The van der Waals surface area contributed by atoms with Gasteiger partial charge < -0.3 is 0 Å². The van der Waals surface area contributed by atoms with Crippen LogP contribution in [0, 0.1) is 0 Å². The van der Waals surface area contributed by atoms with Crippen molar-refractivity contribution in [1.29, 1.82) is 0 Å². The first-order valence-corrected chi connectivity index (χ1v) is 3.44. The van der Waals surface area contributed by atoms with Gasteiger partial charge in [-0.1, -0.05) is 11.8 Å². The fourth-order valence-electron chi connectivity index (χ4n) is 0.478. The van der Waals surface area contributed by atoms with Crippen LogP contribution in [0.5, 0.6) is 0 Å². The summed E-state index contributed by atoms with van der Waals surface area (Å²) in [5.74, 6) is -0.544. The number of nitrogens with zero attached hydrogens (tertiary/aromatic N) is 1. The van der Waals surface area contributed by atoms with Gasteiger partial charge in [-0.2, -0.15) is 5.06 Å². The van der Waals surface area contributed by atoms with Gasteiger partial charge in [0.25, 0.3) is 5.91 Å². The van der Waals surface area contributed by atoms with E-state index >= 15 is 0 Å². The lowest BCUT2D eigenvalue weighted by atomic mass is 10.1. The van der Waals surface area contributed by atoms with Gasteiger partial charge in [-0.15, -0.1) is 0 Å². The minimum Gasteiger partial charge on any atom is -0.267 e. The minimum atomic E-state index is -0.671. The fraction of sp³-hybridized carbons (Fsp3) is 0.625. The highest BCUT2D eigenvalue weighted by Crippen LogP contribution is 2.12. The van der Waals surface area contributed by atoms with Crippen molar-refractivity contribution in [1.82, 2.24) is 5.06 Å². The molecule has 0 unspecified atom stereocenters. The summed E-state index contributed by atoms with van der Waals surface area (Å²) in [6, 6.07) is 0. The second-order valence-electron chi connectivity index (χ2n) is 3.55. The predicted molar refractivity (Wildman–Crippen MR) is 42.1 cm³/mol. The van der Waals surface area contributed by atoms with Gasteiger partial charge in [-0.05, 0) is 27.7 Å². The molecule has 3 nitrogen and oxygen atoms in total. The van der Waals surface area contributed by atoms with Crippen molar-refractivity contribution in [3.8, 4) is 0 Å². The van der Waals surface area contributed by atoms with E-state index in [-0.39, 0.29) is 5.57 Å².